The highest BCUT2D eigenvalue weighted by atomic mass is 16.6. The number of H-pyrrole nitrogens is 1. The van der Waals surface area contributed by atoms with Crippen LogP contribution in [-0.2, 0) is 41.5 Å². The van der Waals surface area contributed by atoms with Gasteiger partial charge in [0.25, 0.3) is 11.8 Å². The van der Waals surface area contributed by atoms with Crippen LogP contribution >= 0.6 is 0 Å². The number of rotatable bonds is 10. The van der Waals surface area contributed by atoms with Gasteiger partial charge in [0.05, 0.1) is 0 Å². The number of benzene rings is 4. The summed E-state index contributed by atoms with van der Waals surface area (Å²) in [4.78, 5) is 88.8. The van der Waals surface area contributed by atoms with Crippen molar-refractivity contribution in [3.05, 3.63) is 119 Å². The normalized spacial score (nSPS) is 17.8. The molecule has 356 valence electrons. The van der Waals surface area contributed by atoms with Gasteiger partial charge < -0.3 is 45.5 Å². The SMILES string of the molecule is CC(C)(C)OC(=O)N[C@@H](C(=O)N1CCC[C@H]1C(=O)Nc1ccc2c(c1)CCCc1c-2[nH]c2ccc(NC(=O)[C@@H]3CCCN3C(=O)[C@H](NC(=O)OC(C)(C)C)c3ccccc3)cc12)c1ccccc1. The van der Waals surface area contributed by atoms with Crippen LogP contribution in [0, 0.1) is 0 Å². The smallest absolute Gasteiger partial charge is 0.408 e. The lowest BCUT2D eigenvalue weighted by atomic mass is 10.0. The van der Waals surface area contributed by atoms with E-state index >= 15 is 0 Å². The average Bonchev–Trinajstić information content (AvgIpc) is 4.04. The minimum absolute atomic E-state index is 0.298. The molecule has 3 heterocycles. The Labute approximate surface area is 396 Å². The van der Waals surface area contributed by atoms with Crippen molar-refractivity contribution in [3.8, 4) is 11.3 Å². The minimum atomic E-state index is -1.04. The molecule has 8 rings (SSSR count). The van der Waals surface area contributed by atoms with E-state index in [9.17, 15) is 28.8 Å². The molecule has 5 N–H and O–H groups in total. The van der Waals surface area contributed by atoms with Gasteiger partial charge in [-0.25, -0.2) is 9.59 Å². The first-order chi connectivity index (χ1) is 32.4. The summed E-state index contributed by atoms with van der Waals surface area (Å²) in [5.74, 6) is -1.37. The van der Waals surface area contributed by atoms with E-state index in [0.29, 0.717) is 61.3 Å². The molecule has 2 aliphatic heterocycles. The Bertz CT molecular complexity index is 2710. The maximum absolute atomic E-state index is 14.2. The summed E-state index contributed by atoms with van der Waals surface area (Å²) in [5, 5.41) is 12.6. The Hall–Kier alpha value is -7.16. The maximum Gasteiger partial charge on any atom is 0.408 e. The molecule has 68 heavy (non-hydrogen) atoms. The van der Waals surface area contributed by atoms with Gasteiger partial charge in [0, 0.05) is 46.6 Å². The Kier molecular flexibility index (Phi) is 13.6. The number of nitrogens with zero attached hydrogens (tertiary/aromatic N) is 2. The van der Waals surface area contributed by atoms with Crippen LogP contribution in [-0.4, -0.2) is 87.0 Å². The summed E-state index contributed by atoms with van der Waals surface area (Å²) >= 11 is 0. The molecule has 4 atom stereocenters. The molecule has 15 heteroatoms. The molecule has 0 bridgehead atoms. The van der Waals surface area contributed by atoms with Crippen LogP contribution in [0.25, 0.3) is 22.2 Å². The fourth-order valence-corrected chi connectivity index (χ4v) is 9.50. The lowest BCUT2D eigenvalue weighted by Crippen LogP contribution is -2.49. The standard InChI is InChI=1S/C53H61N7O8/c1-52(2,3)67-50(65)57-43(32-16-9-7-10-17-32)48(63)59-28-14-22-41(59)46(61)54-35-24-26-37-34(30-35)20-13-21-38-39-31-36(25-27-40(39)56-45(37)38)55-47(62)42-23-15-29-60(42)49(64)44(33-18-11-8-12-19-33)58-51(66)68-53(4,5)6/h7-12,16-19,24-27,30-31,41-44,56H,13-15,20-23,28-29H2,1-6H3,(H,54,61)(H,55,62)(H,57,65)(H,58,66)/t41-,42-,43+,44+/m0/s1. The molecule has 2 saturated heterocycles. The fourth-order valence-electron chi connectivity index (χ4n) is 9.50. The van der Waals surface area contributed by atoms with Crippen LogP contribution in [0.3, 0.4) is 0 Å². The molecule has 5 aromatic rings. The van der Waals surface area contributed by atoms with Crippen LogP contribution in [0.5, 0.6) is 0 Å². The van der Waals surface area contributed by atoms with Gasteiger partial charge in [-0.1, -0.05) is 66.7 Å². The number of nitrogens with one attached hydrogen (secondary N) is 5. The van der Waals surface area contributed by atoms with Crippen LogP contribution < -0.4 is 21.3 Å². The second-order valence-electron chi connectivity index (χ2n) is 19.8. The highest BCUT2D eigenvalue weighted by Gasteiger charge is 2.41. The number of hydrogen-bond donors (Lipinski definition) is 5. The third-order valence-electron chi connectivity index (χ3n) is 12.4. The van der Waals surface area contributed by atoms with Gasteiger partial charge in [0.2, 0.25) is 11.8 Å². The topological polar surface area (TPSA) is 191 Å². The lowest BCUT2D eigenvalue weighted by molar-refractivity contribution is -0.138. The number of alkyl carbamates (subject to hydrolysis) is 2. The van der Waals surface area contributed by atoms with E-state index in [4.69, 9.17) is 9.47 Å². The van der Waals surface area contributed by atoms with Gasteiger partial charge in [0.1, 0.15) is 35.4 Å². The highest BCUT2D eigenvalue weighted by Crippen LogP contribution is 2.39. The molecule has 15 nitrogen and oxygen atoms in total. The molecule has 4 aromatic carbocycles. The van der Waals surface area contributed by atoms with Crippen LogP contribution in [0.4, 0.5) is 21.0 Å². The number of fused-ring (bicyclic) bond motifs is 5. The zero-order chi connectivity index (χ0) is 48.3. The molecule has 2 fully saturated rings. The molecule has 1 aliphatic carbocycles. The van der Waals surface area contributed by atoms with Crippen LogP contribution in [0.15, 0.2) is 97.1 Å². The monoisotopic (exact) mass is 923 g/mol. The molecule has 1 aromatic heterocycles. The second kappa shape index (κ2) is 19.6. The van der Waals surface area contributed by atoms with Crippen LogP contribution in [0.2, 0.25) is 0 Å². The quantitative estimate of drug-likeness (QED) is 0.0919. The van der Waals surface area contributed by atoms with Gasteiger partial charge >= 0.3 is 12.2 Å². The Morgan fingerprint density at radius 3 is 1.59 bits per heavy atom. The predicted molar refractivity (Wildman–Crippen MR) is 260 cm³/mol. The Morgan fingerprint density at radius 1 is 0.603 bits per heavy atom. The zero-order valence-electron chi connectivity index (χ0n) is 39.6. The number of anilines is 2. The van der Waals surface area contributed by atoms with Crippen molar-refractivity contribution >= 4 is 58.1 Å². The van der Waals surface area contributed by atoms with E-state index in [1.807, 2.05) is 48.5 Å². The van der Waals surface area contributed by atoms with Crippen LogP contribution in [0.1, 0.15) is 108 Å². The largest absolute Gasteiger partial charge is 0.444 e. The number of aryl methyl sites for hydroxylation is 2. The molecule has 3 aliphatic rings. The third-order valence-corrected chi connectivity index (χ3v) is 12.4. The van der Waals surface area contributed by atoms with E-state index < -0.39 is 47.6 Å². The van der Waals surface area contributed by atoms with Crippen molar-refractivity contribution in [2.45, 2.75) is 122 Å². The summed E-state index contributed by atoms with van der Waals surface area (Å²) in [6, 6.07) is 26.0. The summed E-state index contributed by atoms with van der Waals surface area (Å²) in [6.07, 6.45) is 3.18. The summed E-state index contributed by atoms with van der Waals surface area (Å²) in [5.41, 5.74) is 5.97. The maximum atomic E-state index is 14.2. The van der Waals surface area contributed by atoms with Crippen molar-refractivity contribution < 1.29 is 38.2 Å². The highest BCUT2D eigenvalue weighted by molar-refractivity contribution is 6.02. The first-order valence-corrected chi connectivity index (χ1v) is 23.5. The Morgan fingerprint density at radius 2 is 1.09 bits per heavy atom. The number of amides is 6. The van der Waals surface area contributed by atoms with E-state index in [0.717, 1.165) is 52.5 Å². The van der Waals surface area contributed by atoms with E-state index in [2.05, 4.69) is 26.3 Å². The van der Waals surface area contributed by atoms with Crippen molar-refractivity contribution in [3.63, 3.8) is 0 Å². The number of likely N-dealkylation sites (tertiary alicyclic amines) is 2. The number of ether oxygens (including phenoxy) is 2. The third kappa shape index (κ3) is 10.8. The van der Waals surface area contributed by atoms with E-state index in [-0.39, 0.29) is 23.6 Å². The van der Waals surface area contributed by atoms with Gasteiger partial charge in [0.15, 0.2) is 0 Å². The summed E-state index contributed by atoms with van der Waals surface area (Å²) < 4.78 is 11.0. The van der Waals surface area contributed by atoms with Crippen molar-refractivity contribution in [2.24, 2.45) is 0 Å². The first-order valence-electron chi connectivity index (χ1n) is 23.5. The molecule has 0 spiro atoms. The minimum Gasteiger partial charge on any atom is -0.444 e. The number of aromatic nitrogens is 1. The fraction of sp³-hybridized carbons (Fsp3) is 0.396. The van der Waals surface area contributed by atoms with Gasteiger partial charge in [-0.15, -0.1) is 0 Å². The molecule has 0 unspecified atom stereocenters. The van der Waals surface area contributed by atoms with Gasteiger partial charge in [-0.3, -0.25) is 19.2 Å². The number of carbonyl (C=O) groups excluding carboxylic acids is 6. The summed E-state index contributed by atoms with van der Waals surface area (Å²) in [7, 11) is 0. The van der Waals surface area contributed by atoms with Gasteiger partial charge in [-0.05, 0) is 139 Å². The van der Waals surface area contributed by atoms with Crippen molar-refractivity contribution in [2.75, 3.05) is 23.7 Å². The number of carbonyl (C=O) groups is 6. The van der Waals surface area contributed by atoms with Gasteiger partial charge in [-0.2, -0.15) is 0 Å². The van der Waals surface area contributed by atoms with Crippen molar-refractivity contribution in [1.82, 2.24) is 25.4 Å². The van der Waals surface area contributed by atoms with E-state index in [1.54, 1.807) is 99.9 Å². The Balaban J connectivity index is 0.958. The lowest BCUT2D eigenvalue weighted by Gasteiger charge is -2.29. The number of hydrogen-bond acceptors (Lipinski definition) is 8. The first kappa shape index (κ1) is 47.3. The predicted octanol–water partition coefficient (Wildman–Crippen LogP) is 8.71. The molecule has 6 amide bonds. The zero-order valence-corrected chi connectivity index (χ0v) is 39.6. The average molecular weight is 924 g/mol. The molecular formula is C53H61N7O8. The summed E-state index contributed by atoms with van der Waals surface area (Å²) in [6.45, 7) is 11.3. The second-order valence-corrected chi connectivity index (χ2v) is 19.8. The molecule has 0 radical (unpaired) electrons. The van der Waals surface area contributed by atoms with Crippen molar-refractivity contribution in [1.29, 1.82) is 0 Å². The molecular weight excluding hydrogens is 863 g/mol. The van der Waals surface area contributed by atoms with E-state index in [1.165, 1.54) is 0 Å². The number of aromatic amines is 1. The molecule has 0 saturated carbocycles.